The molecule has 2 atom stereocenters. The van der Waals surface area contributed by atoms with Crippen molar-refractivity contribution in [1.29, 1.82) is 0 Å². The number of phenols is 1. The highest BCUT2D eigenvalue weighted by Crippen LogP contribution is 2.34. The minimum absolute atomic E-state index is 0.0827. The standard InChI is InChI=1S/C19H19NO4/c1-12-7-8-17(21)14(9-12)18(22)20-10-15(16(11-20)19(23)24)13-5-3-2-4-6-13/h2-9,15-16,21H,10-11H2,1H3,(H,23,24)/t15-,16+/m0/s1. The van der Waals surface area contributed by atoms with Crippen molar-refractivity contribution in [3.8, 4) is 5.75 Å². The Balaban J connectivity index is 1.89. The molecule has 5 nitrogen and oxygen atoms in total. The van der Waals surface area contributed by atoms with Gasteiger partial charge in [-0.15, -0.1) is 0 Å². The highest BCUT2D eigenvalue weighted by molar-refractivity contribution is 5.97. The van der Waals surface area contributed by atoms with Gasteiger partial charge in [-0.2, -0.15) is 0 Å². The molecule has 124 valence electrons. The zero-order chi connectivity index (χ0) is 17.3. The average Bonchev–Trinajstić information content (AvgIpc) is 3.03. The summed E-state index contributed by atoms with van der Waals surface area (Å²) in [5.74, 6) is -2.22. The zero-order valence-corrected chi connectivity index (χ0v) is 13.3. The Morgan fingerprint density at radius 1 is 1.08 bits per heavy atom. The molecule has 2 aromatic carbocycles. The number of carbonyl (C=O) groups excluding carboxylic acids is 1. The van der Waals surface area contributed by atoms with Crippen LogP contribution in [0.4, 0.5) is 0 Å². The molecule has 0 saturated carbocycles. The van der Waals surface area contributed by atoms with Crippen LogP contribution < -0.4 is 0 Å². The fourth-order valence-corrected chi connectivity index (χ4v) is 3.25. The maximum Gasteiger partial charge on any atom is 0.308 e. The fourth-order valence-electron chi connectivity index (χ4n) is 3.25. The van der Waals surface area contributed by atoms with E-state index >= 15 is 0 Å². The molecule has 0 aliphatic carbocycles. The summed E-state index contributed by atoms with van der Waals surface area (Å²) in [6.45, 7) is 2.31. The van der Waals surface area contributed by atoms with Gasteiger partial charge in [0.05, 0.1) is 11.5 Å². The number of hydrogen-bond donors (Lipinski definition) is 2. The first-order chi connectivity index (χ1) is 11.5. The predicted molar refractivity (Wildman–Crippen MR) is 89.1 cm³/mol. The van der Waals surface area contributed by atoms with E-state index in [1.807, 2.05) is 37.3 Å². The van der Waals surface area contributed by atoms with Crippen molar-refractivity contribution in [3.63, 3.8) is 0 Å². The lowest BCUT2D eigenvalue weighted by molar-refractivity contribution is -0.141. The van der Waals surface area contributed by atoms with E-state index in [-0.39, 0.29) is 29.7 Å². The van der Waals surface area contributed by atoms with Gasteiger partial charge in [0.2, 0.25) is 0 Å². The number of nitrogens with zero attached hydrogens (tertiary/aromatic N) is 1. The van der Waals surface area contributed by atoms with Gasteiger partial charge in [-0.1, -0.05) is 42.0 Å². The number of hydrogen-bond acceptors (Lipinski definition) is 3. The number of aryl methyl sites for hydroxylation is 1. The Kier molecular flexibility index (Phi) is 4.25. The molecule has 3 rings (SSSR count). The first-order valence-electron chi connectivity index (χ1n) is 7.84. The van der Waals surface area contributed by atoms with Crippen LogP contribution in [0.3, 0.4) is 0 Å². The quantitative estimate of drug-likeness (QED) is 0.909. The molecule has 0 aromatic heterocycles. The molecule has 0 unspecified atom stereocenters. The summed E-state index contributed by atoms with van der Waals surface area (Å²) in [5, 5.41) is 19.5. The summed E-state index contributed by atoms with van der Waals surface area (Å²) < 4.78 is 0. The lowest BCUT2D eigenvalue weighted by Crippen LogP contribution is -2.30. The Morgan fingerprint density at radius 2 is 1.79 bits per heavy atom. The lowest BCUT2D eigenvalue weighted by Gasteiger charge is -2.17. The topological polar surface area (TPSA) is 77.8 Å². The second kappa shape index (κ2) is 6.35. The molecule has 1 aliphatic rings. The van der Waals surface area contributed by atoms with Crippen molar-refractivity contribution in [2.75, 3.05) is 13.1 Å². The normalized spacial score (nSPS) is 20.1. The molecule has 24 heavy (non-hydrogen) atoms. The Morgan fingerprint density at radius 3 is 2.46 bits per heavy atom. The van der Waals surface area contributed by atoms with Crippen molar-refractivity contribution in [2.24, 2.45) is 5.92 Å². The van der Waals surface area contributed by atoms with Crippen molar-refractivity contribution >= 4 is 11.9 Å². The van der Waals surface area contributed by atoms with E-state index in [0.717, 1.165) is 11.1 Å². The molecule has 2 aromatic rings. The van der Waals surface area contributed by atoms with E-state index in [2.05, 4.69) is 0 Å². The SMILES string of the molecule is Cc1ccc(O)c(C(=O)N2C[C@@H](C(=O)O)[C@H](c3ccccc3)C2)c1. The van der Waals surface area contributed by atoms with Gasteiger partial charge < -0.3 is 15.1 Å². The average molecular weight is 325 g/mol. The molecule has 1 aliphatic heterocycles. The number of aliphatic carboxylic acids is 1. The Hall–Kier alpha value is -2.82. The van der Waals surface area contributed by atoms with Gasteiger partial charge in [0, 0.05) is 19.0 Å². The third-order valence-corrected chi connectivity index (χ3v) is 4.53. The lowest BCUT2D eigenvalue weighted by atomic mass is 9.89. The third kappa shape index (κ3) is 2.97. The summed E-state index contributed by atoms with van der Waals surface area (Å²) in [6, 6.07) is 14.2. The monoisotopic (exact) mass is 325 g/mol. The summed E-state index contributed by atoms with van der Waals surface area (Å²) >= 11 is 0. The Bertz CT molecular complexity index is 772. The summed E-state index contributed by atoms with van der Waals surface area (Å²) in [6.07, 6.45) is 0. The molecule has 0 bridgehead atoms. The van der Waals surface area contributed by atoms with Crippen LogP contribution in [-0.4, -0.2) is 40.1 Å². The number of benzene rings is 2. The van der Waals surface area contributed by atoms with Crippen LogP contribution in [0.2, 0.25) is 0 Å². The van der Waals surface area contributed by atoms with Crippen LogP contribution in [0, 0.1) is 12.8 Å². The number of carboxylic acid groups (broad SMARTS) is 1. The minimum Gasteiger partial charge on any atom is -0.507 e. The fraction of sp³-hybridized carbons (Fsp3) is 0.263. The van der Waals surface area contributed by atoms with Crippen LogP contribution >= 0.6 is 0 Å². The van der Waals surface area contributed by atoms with Crippen LogP contribution in [0.5, 0.6) is 5.75 Å². The Labute approximate surface area is 140 Å². The van der Waals surface area contributed by atoms with Gasteiger partial charge in [0.15, 0.2) is 0 Å². The van der Waals surface area contributed by atoms with Gasteiger partial charge in [-0.25, -0.2) is 0 Å². The molecular weight excluding hydrogens is 306 g/mol. The van der Waals surface area contributed by atoms with Gasteiger partial charge >= 0.3 is 5.97 Å². The second-order valence-corrected chi connectivity index (χ2v) is 6.19. The number of rotatable bonds is 3. The number of phenolic OH excluding ortho intramolecular Hbond substituents is 1. The maximum absolute atomic E-state index is 12.7. The van der Waals surface area contributed by atoms with Crippen LogP contribution in [0.25, 0.3) is 0 Å². The van der Waals surface area contributed by atoms with E-state index < -0.39 is 11.9 Å². The van der Waals surface area contributed by atoms with Crippen molar-refractivity contribution < 1.29 is 19.8 Å². The molecule has 0 radical (unpaired) electrons. The van der Waals surface area contributed by atoms with Gasteiger partial charge in [0.1, 0.15) is 5.75 Å². The molecule has 2 N–H and O–H groups in total. The zero-order valence-electron chi connectivity index (χ0n) is 13.3. The first-order valence-corrected chi connectivity index (χ1v) is 7.84. The highest BCUT2D eigenvalue weighted by atomic mass is 16.4. The smallest absolute Gasteiger partial charge is 0.308 e. The number of carboxylic acids is 1. The molecule has 5 heteroatoms. The number of carbonyl (C=O) groups is 2. The van der Waals surface area contributed by atoms with Gasteiger partial charge in [0.25, 0.3) is 5.91 Å². The molecule has 1 fully saturated rings. The maximum atomic E-state index is 12.7. The van der Waals surface area contributed by atoms with Crippen LogP contribution in [0.15, 0.2) is 48.5 Å². The van der Waals surface area contributed by atoms with Gasteiger partial charge in [-0.3, -0.25) is 9.59 Å². The molecule has 1 amide bonds. The van der Waals surface area contributed by atoms with Crippen LogP contribution in [-0.2, 0) is 4.79 Å². The van der Waals surface area contributed by atoms with Crippen molar-refractivity contribution in [2.45, 2.75) is 12.8 Å². The third-order valence-electron chi connectivity index (χ3n) is 4.53. The van der Waals surface area contributed by atoms with Crippen molar-refractivity contribution in [3.05, 3.63) is 65.2 Å². The van der Waals surface area contributed by atoms with E-state index in [4.69, 9.17) is 0 Å². The highest BCUT2D eigenvalue weighted by Gasteiger charge is 2.41. The minimum atomic E-state index is -0.910. The van der Waals surface area contributed by atoms with Crippen LogP contribution in [0.1, 0.15) is 27.4 Å². The van der Waals surface area contributed by atoms with E-state index in [1.54, 1.807) is 12.1 Å². The van der Waals surface area contributed by atoms with E-state index in [0.29, 0.717) is 6.54 Å². The number of likely N-dealkylation sites (tertiary alicyclic amines) is 1. The molecule has 1 saturated heterocycles. The molecular formula is C19H19NO4. The van der Waals surface area contributed by atoms with E-state index in [9.17, 15) is 19.8 Å². The largest absolute Gasteiger partial charge is 0.507 e. The predicted octanol–water partition coefficient (Wildman–Crippen LogP) is 2.64. The summed E-state index contributed by atoms with van der Waals surface area (Å²) in [7, 11) is 0. The molecule has 0 spiro atoms. The summed E-state index contributed by atoms with van der Waals surface area (Å²) in [4.78, 5) is 25.9. The van der Waals surface area contributed by atoms with E-state index in [1.165, 1.54) is 11.0 Å². The van der Waals surface area contributed by atoms with Crippen molar-refractivity contribution in [1.82, 2.24) is 4.90 Å². The first kappa shape index (κ1) is 16.1. The second-order valence-electron chi connectivity index (χ2n) is 6.19. The number of amides is 1. The summed E-state index contributed by atoms with van der Waals surface area (Å²) in [5.41, 5.74) is 1.99. The van der Waals surface area contributed by atoms with Gasteiger partial charge in [-0.05, 0) is 24.6 Å². The number of aromatic hydroxyl groups is 1. The molecule has 1 heterocycles.